The fraction of sp³-hybridized carbons (Fsp3) is 0.308. The number of halogens is 2. The van der Waals surface area contributed by atoms with Crippen molar-refractivity contribution in [3.8, 4) is 0 Å². The summed E-state index contributed by atoms with van der Waals surface area (Å²) in [4.78, 5) is 35.2. The summed E-state index contributed by atoms with van der Waals surface area (Å²) in [7, 11) is 2.23. The summed E-state index contributed by atoms with van der Waals surface area (Å²) in [5, 5.41) is 0.298. The number of hydrogen-bond acceptors (Lipinski definition) is 5. The van der Waals surface area contributed by atoms with E-state index in [4.69, 9.17) is 23.2 Å². The molecule has 0 bridgehead atoms. The lowest BCUT2D eigenvalue weighted by Crippen LogP contribution is -2.29. The molecule has 0 radical (unpaired) electrons. The van der Waals surface area contributed by atoms with Crippen LogP contribution in [0.4, 0.5) is 0 Å². The van der Waals surface area contributed by atoms with Gasteiger partial charge in [0.25, 0.3) is 0 Å². The third-order valence-electron chi connectivity index (χ3n) is 2.60. The Labute approximate surface area is 125 Å². The molecule has 0 unspecified atom stereocenters. The largest absolute Gasteiger partial charge is 0.468 e. The van der Waals surface area contributed by atoms with Crippen molar-refractivity contribution in [2.45, 2.75) is 6.42 Å². The standard InChI is InChI=1S/C13H12Cl2O5/c1-19-12(17)7(13(18)20-2)6-10(16)11-8(14)4-3-5-9(11)15/h3-5,7H,6H2,1-2H3. The molecule has 0 spiro atoms. The minimum atomic E-state index is -1.34. The van der Waals surface area contributed by atoms with Crippen molar-refractivity contribution < 1.29 is 23.9 Å². The second kappa shape index (κ2) is 7.26. The van der Waals surface area contributed by atoms with Crippen LogP contribution in [-0.2, 0) is 19.1 Å². The number of rotatable bonds is 5. The van der Waals surface area contributed by atoms with Crippen molar-refractivity contribution in [3.63, 3.8) is 0 Å². The highest BCUT2D eigenvalue weighted by molar-refractivity contribution is 6.39. The number of esters is 2. The SMILES string of the molecule is COC(=O)C(CC(=O)c1c(Cl)cccc1Cl)C(=O)OC. The first kappa shape index (κ1) is 16.5. The van der Waals surface area contributed by atoms with E-state index in [-0.39, 0.29) is 15.6 Å². The average molecular weight is 319 g/mol. The van der Waals surface area contributed by atoms with Crippen LogP contribution in [0.2, 0.25) is 10.0 Å². The molecular formula is C13H12Cl2O5. The average Bonchev–Trinajstić information content (AvgIpc) is 2.42. The number of hydrogen-bond donors (Lipinski definition) is 0. The van der Waals surface area contributed by atoms with Crippen LogP contribution in [0, 0.1) is 5.92 Å². The molecule has 1 rings (SSSR count). The van der Waals surface area contributed by atoms with Gasteiger partial charge < -0.3 is 9.47 Å². The molecule has 0 atom stereocenters. The maximum atomic E-state index is 12.2. The molecular weight excluding hydrogens is 307 g/mol. The van der Waals surface area contributed by atoms with Crippen LogP contribution in [0.25, 0.3) is 0 Å². The zero-order valence-electron chi connectivity index (χ0n) is 10.8. The summed E-state index contributed by atoms with van der Waals surface area (Å²) in [6.45, 7) is 0. The summed E-state index contributed by atoms with van der Waals surface area (Å²) in [6.07, 6.45) is -0.428. The first-order valence-electron chi connectivity index (χ1n) is 5.55. The van der Waals surface area contributed by atoms with Crippen molar-refractivity contribution in [1.82, 2.24) is 0 Å². The third kappa shape index (κ3) is 3.71. The van der Waals surface area contributed by atoms with Gasteiger partial charge in [-0.3, -0.25) is 14.4 Å². The Kier molecular flexibility index (Phi) is 5.98. The molecule has 0 amide bonds. The van der Waals surface area contributed by atoms with Gasteiger partial charge in [0.05, 0.1) is 29.8 Å². The lowest BCUT2D eigenvalue weighted by Gasteiger charge is -2.12. The van der Waals surface area contributed by atoms with E-state index in [0.29, 0.717) is 0 Å². The molecule has 7 heteroatoms. The Morgan fingerprint density at radius 3 is 1.90 bits per heavy atom. The molecule has 0 N–H and O–H groups in total. The van der Waals surface area contributed by atoms with Crippen molar-refractivity contribution in [3.05, 3.63) is 33.8 Å². The highest BCUT2D eigenvalue weighted by atomic mass is 35.5. The van der Waals surface area contributed by atoms with Crippen LogP contribution in [0.5, 0.6) is 0 Å². The fourth-order valence-corrected chi connectivity index (χ4v) is 2.21. The third-order valence-corrected chi connectivity index (χ3v) is 3.23. The first-order chi connectivity index (χ1) is 9.42. The number of benzene rings is 1. The van der Waals surface area contributed by atoms with Crippen LogP contribution in [0.15, 0.2) is 18.2 Å². The van der Waals surface area contributed by atoms with Gasteiger partial charge in [0.2, 0.25) is 0 Å². The van der Waals surface area contributed by atoms with Crippen molar-refractivity contribution >= 4 is 40.9 Å². The van der Waals surface area contributed by atoms with Gasteiger partial charge in [0.1, 0.15) is 0 Å². The van der Waals surface area contributed by atoms with E-state index < -0.39 is 30.1 Å². The maximum Gasteiger partial charge on any atom is 0.320 e. The molecule has 0 fully saturated rings. The number of ether oxygens (including phenoxy) is 2. The van der Waals surface area contributed by atoms with E-state index in [9.17, 15) is 14.4 Å². The Bertz CT molecular complexity index is 505. The molecule has 0 aliphatic heterocycles. The Balaban J connectivity index is 3.02. The quantitative estimate of drug-likeness (QED) is 0.474. The fourth-order valence-electron chi connectivity index (χ4n) is 1.60. The molecule has 0 heterocycles. The zero-order chi connectivity index (χ0) is 15.3. The molecule has 0 saturated heterocycles. The van der Waals surface area contributed by atoms with E-state index in [0.717, 1.165) is 14.2 Å². The Morgan fingerprint density at radius 1 is 1.05 bits per heavy atom. The van der Waals surface area contributed by atoms with Gasteiger partial charge in [-0.1, -0.05) is 29.3 Å². The molecule has 0 aliphatic carbocycles. The molecule has 1 aromatic rings. The number of ketones is 1. The molecule has 1 aromatic carbocycles. The molecule has 108 valence electrons. The lowest BCUT2D eigenvalue weighted by molar-refractivity contribution is -0.158. The van der Waals surface area contributed by atoms with Crippen LogP contribution in [0.1, 0.15) is 16.8 Å². The predicted octanol–water partition coefficient (Wildman–Crippen LogP) is 2.53. The molecule has 20 heavy (non-hydrogen) atoms. The summed E-state index contributed by atoms with van der Waals surface area (Å²) in [5.74, 6) is -3.59. The van der Waals surface area contributed by atoms with Crippen LogP contribution >= 0.6 is 23.2 Å². The second-order valence-corrected chi connectivity index (χ2v) is 4.64. The normalized spacial score (nSPS) is 10.2. The van der Waals surface area contributed by atoms with Crippen LogP contribution in [-0.4, -0.2) is 31.9 Å². The van der Waals surface area contributed by atoms with Crippen molar-refractivity contribution in [2.24, 2.45) is 5.92 Å². The number of carbonyl (C=O) groups is 3. The van der Waals surface area contributed by atoms with Crippen LogP contribution < -0.4 is 0 Å². The predicted molar refractivity (Wildman–Crippen MR) is 72.9 cm³/mol. The molecule has 0 saturated carbocycles. The molecule has 0 aromatic heterocycles. The minimum absolute atomic E-state index is 0.0636. The highest BCUT2D eigenvalue weighted by Gasteiger charge is 2.32. The zero-order valence-corrected chi connectivity index (χ0v) is 12.3. The van der Waals surface area contributed by atoms with Crippen molar-refractivity contribution in [1.29, 1.82) is 0 Å². The van der Waals surface area contributed by atoms with E-state index in [1.54, 1.807) is 6.07 Å². The number of methoxy groups -OCH3 is 2. The van der Waals surface area contributed by atoms with E-state index in [1.807, 2.05) is 0 Å². The smallest absolute Gasteiger partial charge is 0.320 e. The molecule has 5 nitrogen and oxygen atoms in total. The minimum Gasteiger partial charge on any atom is -0.468 e. The number of carbonyl (C=O) groups excluding carboxylic acids is 3. The van der Waals surface area contributed by atoms with Gasteiger partial charge in [-0.15, -0.1) is 0 Å². The van der Waals surface area contributed by atoms with Gasteiger partial charge in [-0.05, 0) is 12.1 Å². The Hall–Kier alpha value is -1.59. The monoisotopic (exact) mass is 318 g/mol. The van der Waals surface area contributed by atoms with E-state index in [2.05, 4.69) is 9.47 Å². The van der Waals surface area contributed by atoms with E-state index in [1.165, 1.54) is 12.1 Å². The Morgan fingerprint density at radius 2 is 1.50 bits per heavy atom. The second-order valence-electron chi connectivity index (χ2n) is 3.82. The maximum absolute atomic E-state index is 12.2. The summed E-state index contributed by atoms with van der Waals surface area (Å²) in [5.41, 5.74) is 0.0636. The lowest BCUT2D eigenvalue weighted by atomic mass is 9.98. The van der Waals surface area contributed by atoms with Gasteiger partial charge in [0.15, 0.2) is 11.7 Å². The van der Waals surface area contributed by atoms with Crippen LogP contribution in [0.3, 0.4) is 0 Å². The first-order valence-corrected chi connectivity index (χ1v) is 6.30. The summed E-state index contributed by atoms with van der Waals surface area (Å²) < 4.78 is 8.95. The molecule has 0 aliphatic rings. The van der Waals surface area contributed by atoms with Gasteiger partial charge in [-0.2, -0.15) is 0 Å². The van der Waals surface area contributed by atoms with Gasteiger partial charge in [0, 0.05) is 6.42 Å². The van der Waals surface area contributed by atoms with Crippen molar-refractivity contribution in [2.75, 3.05) is 14.2 Å². The summed E-state index contributed by atoms with van der Waals surface area (Å²) >= 11 is 11.8. The van der Waals surface area contributed by atoms with Gasteiger partial charge in [-0.25, -0.2) is 0 Å². The van der Waals surface area contributed by atoms with E-state index >= 15 is 0 Å². The summed E-state index contributed by atoms with van der Waals surface area (Å²) in [6, 6.07) is 4.57. The topological polar surface area (TPSA) is 69.7 Å². The highest BCUT2D eigenvalue weighted by Crippen LogP contribution is 2.27. The number of Topliss-reactive ketones (excluding diaryl/α,β-unsaturated/α-hetero) is 1. The van der Waals surface area contributed by atoms with Gasteiger partial charge >= 0.3 is 11.9 Å².